The Kier molecular flexibility index (Phi) is 6.07. The molecule has 132 valence electrons. The maximum Gasteiger partial charge on any atom is 0.222 e. The lowest BCUT2D eigenvalue weighted by Gasteiger charge is -2.32. The number of nitrogens with two attached hydrogens (primary N) is 1. The minimum Gasteiger partial charge on any atom is -0.490 e. The minimum absolute atomic E-state index is 0.204. The van der Waals surface area contributed by atoms with Crippen LogP contribution in [0.3, 0.4) is 0 Å². The molecule has 1 amide bonds. The normalized spacial score (nSPS) is 15.2. The average Bonchev–Trinajstić information content (AvgIpc) is 2.68. The summed E-state index contributed by atoms with van der Waals surface area (Å²) in [4.78, 5) is 14.4. The summed E-state index contributed by atoms with van der Waals surface area (Å²) in [5.41, 5.74) is 7.92. The summed E-state index contributed by atoms with van der Waals surface area (Å²) < 4.78 is 5.99. The summed E-state index contributed by atoms with van der Waals surface area (Å²) >= 11 is 0. The number of rotatable bonds is 6. The van der Waals surface area contributed by atoms with Crippen molar-refractivity contribution >= 4 is 5.91 Å². The van der Waals surface area contributed by atoms with Crippen LogP contribution >= 0.6 is 0 Å². The van der Waals surface area contributed by atoms with E-state index in [0.717, 1.165) is 43.7 Å². The SMILES string of the molecule is NCc1ccc(CCC(=O)N2CCC(Oc3ccccc3)CC2)cc1. The number of hydrogen-bond acceptors (Lipinski definition) is 3. The van der Waals surface area contributed by atoms with Crippen LogP contribution in [0.2, 0.25) is 0 Å². The highest BCUT2D eigenvalue weighted by atomic mass is 16.5. The molecule has 0 aliphatic carbocycles. The van der Waals surface area contributed by atoms with Crippen molar-refractivity contribution in [3.8, 4) is 5.75 Å². The van der Waals surface area contributed by atoms with Crippen LogP contribution in [0.1, 0.15) is 30.4 Å². The molecular weight excluding hydrogens is 312 g/mol. The maximum atomic E-state index is 12.4. The summed E-state index contributed by atoms with van der Waals surface area (Å²) in [6.45, 7) is 2.12. The molecule has 1 saturated heterocycles. The number of carbonyl (C=O) groups is 1. The fraction of sp³-hybridized carbons (Fsp3) is 0.381. The Labute approximate surface area is 149 Å². The maximum absolute atomic E-state index is 12.4. The molecule has 0 aromatic heterocycles. The monoisotopic (exact) mass is 338 g/mol. The number of carbonyl (C=O) groups excluding carboxylic acids is 1. The fourth-order valence-electron chi connectivity index (χ4n) is 3.17. The molecule has 25 heavy (non-hydrogen) atoms. The summed E-state index contributed by atoms with van der Waals surface area (Å²) in [6, 6.07) is 18.1. The van der Waals surface area contributed by atoms with Crippen LogP contribution < -0.4 is 10.5 Å². The fourth-order valence-corrected chi connectivity index (χ4v) is 3.17. The van der Waals surface area contributed by atoms with Gasteiger partial charge in [0, 0.05) is 38.9 Å². The minimum atomic E-state index is 0.204. The van der Waals surface area contributed by atoms with Crippen molar-refractivity contribution in [3.63, 3.8) is 0 Å². The molecule has 2 aromatic rings. The molecule has 3 rings (SSSR count). The molecular formula is C21H26N2O2. The van der Waals surface area contributed by atoms with Gasteiger partial charge in [0.1, 0.15) is 11.9 Å². The van der Waals surface area contributed by atoms with E-state index in [1.807, 2.05) is 47.4 Å². The number of para-hydroxylation sites is 1. The first-order valence-corrected chi connectivity index (χ1v) is 9.02. The van der Waals surface area contributed by atoms with E-state index in [1.54, 1.807) is 0 Å². The summed E-state index contributed by atoms with van der Waals surface area (Å²) in [6.07, 6.45) is 3.34. The predicted octanol–water partition coefficient (Wildman–Crippen LogP) is 3.15. The lowest BCUT2D eigenvalue weighted by Crippen LogP contribution is -2.41. The van der Waals surface area contributed by atoms with E-state index in [4.69, 9.17) is 10.5 Å². The number of piperidine rings is 1. The zero-order valence-corrected chi connectivity index (χ0v) is 14.6. The van der Waals surface area contributed by atoms with Crippen molar-refractivity contribution in [1.29, 1.82) is 0 Å². The molecule has 2 N–H and O–H groups in total. The van der Waals surface area contributed by atoms with Crippen LogP contribution in [0.5, 0.6) is 5.75 Å². The number of nitrogens with zero attached hydrogens (tertiary/aromatic N) is 1. The van der Waals surface area contributed by atoms with Crippen LogP contribution in [-0.2, 0) is 17.8 Å². The second-order valence-corrected chi connectivity index (χ2v) is 6.53. The molecule has 4 nitrogen and oxygen atoms in total. The summed E-state index contributed by atoms with van der Waals surface area (Å²) in [5.74, 6) is 1.15. The van der Waals surface area contributed by atoms with Gasteiger partial charge in [-0.2, -0.15) is 0 Å². The average molecular weight is 338 g/mol. The van der Waals surface area contributed by atoms with Crippen LogP contribution in [0, 0.1) is 0 Å². The second-order valence-electron chi connectivity index (χ2n) is 6.53. The standard InChI is InChI=1S/C21H26N2O2/c22-16-18-8-6-17(7-9-18)10-11-21(24)23-14-12-20(13-15-23)25-19-4-2-1-3-5-19/h1-9,20H,10-16,22H2. The quantitative estimate of drug-likeness (QED) is 0.880. The van der Waals surface area contributed by atoms with Crippen molar-refractivity contribution in [1.82, 2.24) is 4.90 Å². The van der Waals surface area contributed by atoms with Gasteiger partial charge < -0.3 is 15.4 Å². The van der Waals surface area contributed by atoms with Gasteiger partial charge >= 0.3 is 0 Å². The van der Waals surface area contributed by atoms with Gasteiger partial charge in [0.2, 0.25) is 5.91 Å². The van der Waals surface area contributed by atoms with Gasteiger partial charge in [-0.05, 0) is 29.7 Å². The van der Waals surface area contributed by atoms with E-state index in [0.29, 0.717) is 13.0 Å². The zero-order valence-electron chi connectivity index (χ0n) is 14.6. The molecule has 1 aliphatic heterocycles. The Morgan fingerprint density at radius 2 is 1.64 bits per heavy atom. The molecule has 4 heteroatoms. The van der Waals surface area contributed by atoms with E-state index in [-0.39, 0.29) is 12.0 Å². The molecule has 1 aliphatic rings. The predicted molar refractivity (Wildman–Crippen MR) is 99.3 cm³/mol. The summed E-state index contributed by atoms with van der Waals surface area (Å²) in [5, 5.41) is 0. The van der Waals surface area contributed by atoms with Crippen molar-refractivity contribution in [3.05, 3.63) is 65.7 Å². The van der Waals surface area contributed by atoms with Crippen molar-refractivity contribution in [2.45, 2.75) is 38.3 Å². The van der Waals surface area contributed by atoms with Gasteiger partial charge in [0.05, 0.1) is 0 Å². The molecule has 1 heterocycles. The van der Waals surface area contributed by atoms with E-state index in [9.17, 15) is 4.79 Å². The summed E-state index contributed by atoms with van der Waals surface area (Å²) in [7, 11) is 0. The number of hydrogen-bond donors (Lipinski definition) is 1. The topological polar surface area (TPSA) is 55.6 Å². The Hall–Kier alpha value is -2.33. The molecule has 0 unspecified atom stereocenters. The van der Waals surface area contributed by atoms with Gasteiger partial charge in [-0.15, -0.1) is 0 Å². The van der Waals surface area contributed by atoms with Gasteiger partial charge in [-0.3, -0.25) is 4.79 Å². The van der Waals surface area contributed by atoms with E-state index in [2.05, 4.69) is 12.1 Å². The zero-order chi connectivity index (χ0) is 17.5. The van der Waals surface area contributed by atoms with E-state index >= 15 is 0 Å². The van der Waals surface area contributed by atoms with Crippen molar-refractivity contribution in [2.75, 3.05) is 13.1 Å². The number of benzene rings is 2. The highest BCUT2D eigenvalue weighted by Crippen LogP contribution is 2.19. The van der Waals surface area contributed by atoms with Crippen LogP contribution in [0.25, 0.3) is 0 Å². The lowest BCUT2D eigenvalue weighted by atomic mass is 10.0. The van der Waals surface area contributed by atoms with Gasteiger partial charge in [-0.1, -0.05) is 42.5 Å². The smallest absolute Gasteiger partial charge is 0.222 e. The molecule has 0 bridgehead atoms. The third-order valence-electron chi connectivity index (χ3n) is 4.73. The van der Waals surface area contributed by atoms with Gasteiger partial charge in [-0.25, -0.2) is 0 Å². The first-order valence-electron chi connectivity index (χ1n) is 9.02. The highest BCUT2D eigenvalue weighted by molar-refractivity contribution is 5.76. The van der Waals surface area contributed by atoms with Crippen LogP contribution in [-0.4, -0.2) is 30.0 Å². The third-order valence-corrected chi connectivity index (χ3v) is 4.73. The molecule has 0 radical (unpaired) electrons. The first-order chi connectivity index (χ1) is 12.2. The lowest BCUT2D eigenvalue weighted by molar-refractivity contribution is -0.132. The molecule has 0 spiro atoms. The first kappa shape index (κ1) is 17.5. The number of aryl methyl sites for hydroxylation is 1. The Morgan fingerprint density at radius 3 is 2.28 bits per heavy atom. The molecule has 0 saturated carbocycles. The van der Waals surface area contributed by atoms with Crippen molar-refractivity contribution in [2.24, 2.45) is 5.73 Å². The van der Waals surface area contributed by atoms with Gasteiger partial charge in [0.25, 0.3) is 0 Å². The highest BCUT2D eigenvalue weighted by Gasteiger charge is 2.23. The third kappa shape index (κ3) is 5.07. The Bertz CT molecular complexity index is 662. The number of amides is 1. The molecule has 0 atom stereocenters. The van der Waals surface area contributed by atoms with Crippen LogP contribution in [0.4, 0.5) is 0 Å². The largest absolute Gasteiger partial charge is 0.490 e. The second kappa shape index (κ2) is 8.67. The van der Waals surface area contributed by atoms with E-state index < -0.39 is 0 Å². The molecule has 2 aromatic carbocycles. The number of likely N-dealkylation sites (tertiary alicyclic amines) is 1. The Balaban J connectivity index is 1.41. The van der Waals surface area contributed by atoms with Crippen molar-refractivity contribution < 1.29 is 9.53 Å². The van der Waals surface area contributed by atoms with Gasteiger partial charge in [0.15, 0.2) is 0 Å². The van der Waals surface area contributed by atoms with Crippen LogP contribution in [0.15, 0.2) is 54.6 Å². The van der Waals surface area contributed by atoms with E-state index in [1.165, 1.54) is 5.56 Å². The Morgan fingerprint density at radius 1 is 1.00 bits per heavy atom. The number of ether oxygens (including phenoxy) is 1. The molecule has 1 fully saturated rings.